The van der Waals surface area contributed by atoms with Crippen LogP contribution in [0.5, 0.6) is 0 Å². The fraction of sp³-hybridized carbons (Fsp3) is 0.417. The topological polar surface area (TPSA) is 98.7 Å². The maximum atomic E-state index is 12.3. The molecule has 1 amide bonds. The highest BCUT2D eigenvalue weighted by atomic mass is 16.6. The van der Waals surface area contributed by atoms with Gasteiger partial charge in [-0.05, 0) is 13.0 Å². The molecule has 7 heteroatoms. The Bertz CT molecular complexity index is 518. The van der Waals surface area contributed by atoms with Crippen molar-refractivity contribution < 1.29 is 14.5 Å². The minimum Gasteiger partial charge on any atom is -0.398 e. The monoisotopic (exact) mass is 265 g/mol. The van der Waals surface area contributed by atoms with E-state index in [2.05, 4.69) is 0 Å². The Hall–Kier alpha value is -2.15. The third-order valence-electron chi connectivity index (χ3n) is 3.01. The lowest BCUT2D eigenvalue weighted by Gasteiger charge is -2.31. The summed E-state index contributed by atoms with van der Waals surface area (Å²) >= 11 is 0. The van der Waals surface area contributed by atoms with Crippen LogP contribution in [0.15, 0.2) is 18.2 Å². The molecule has 0 bridgehead atoms. The number of morpholine rings is 1. The molecule has 1 fully saturated rings. The summed E-state index contributed by atoms with van der Waals surface area (Å²) in [7, 11) is 0. The van der Waals surface area contributed by atoms with Crippen LogP contribution in [-0.4, -0.2) is 41.5 Å². The molecule has 0 aliphatic carbocycles. The lowest BCUT2D eigenvalue weighted by Crippen LogP contribution is -2.44. The minimum atomic E-state index is -0.543. The predicted octanol–water partition coefficient (Wildman–Crippen LogP) is 1.04. The molecule has 0 spiro atoms. The smallest absolute Gasteiger partial charge is 0.270 e. The van der Waals surface area contributed by atoms with Crippen molar-refractivity contribution in [2.24, 2.45) is 0 Å². The summed E-state index contributed by atoms with van der Waals surface area (Å²) in [5, 5.41) is 10.7. The van der Waals surface area contributed by atoms with Gasteiger partial charge in [-0.3, -0.25) is 14.9 Å². The van der Waals surface area contributed by atoms with Gasteiger partial charge in [-0.15, -0.1) is 0 Å². The molecular formula is C12H15N3O4. The normalized spacial score (nSPS) is 19.2. The van der Waals surface area contributed by atoms with E-state index in [1.54, 1.807) is 4.90 Å². The maximum Gasteiger partial charge on any atom is 0.270 e. The first kappa shape index (κ1) is 13.3. The Kier molecular flexibility index (Phi) is 3.66. The molecule has 1 aliphatic rings. The summed E-state index contributed by atoms with van der Waals surface area (Å²) < 4.78 is 5.35. The van der Waals surface area contributed by atoms with E-state index in [1.165, 1.54) is 18.2 Å². The molecule has 2 rings (SSSR count). The first-order valence-corrected chi connectivity index (χ1v) is 5.94. The molecule has 2 N–H and O–H groups in total. The van der Waals surface area contributed by atoms with Crippen LogP contribution in [0.2, 0.25) is 0 Å². The molecular weight excluding hydrogens is 250 g/mol. The SMILES string of the molecule is CC1CN(C(=O)c2cc([N+](=O)[O-])ccc2N)CCO1. The zero-order chi connectivity index (χ0) is 14.0. The fourth-order valence-electron chi connectivity index (χ4n) is 2.02. The van der Waals surface area contributed by atoms with Crippen molar-refractivity contribution in [1.82, 2.24) is 4.90 Å². The molecule has 0 saturated carbocycles. The number of carbonyl (C=O) groups excluding carboxylic acids is 1. The highest BCUT2D eigenvalue weighted by Crippen LogP contribution is 2.22. The average molecular weight is 265 g/mol. The number of carbonyl (C=O) groups is 1. The Morgan fingerprint density at radius 2 is 2.32 bits per heavy atom. The summed E-state index contributed by atoms with van der Waals surface area (Å²) in [5.74, 6) is -0.295. The van der Waals surface area contributed by atoms with Gasteiger partial charge in [-0.2, -0.15) is 0 Å². The van der Waals surface area contributed by atoms with Crippen LogP contribution in [0.25, 0.3) is 0 Å². The van der Waals surface area contributed by atoms with Crippen LogP contribution in [0, 0.1) is 10.1 Å². The number of nitro benzene ring substituents is 1. The van der Waals surface area contributed by atoms with Gasteiger partial charge in [0.2, 0.25) is 0 Å². The molecule has 1 aromatic rings. The lowest BCUT2D eigenvalue weighted by atomic mass is 10.1. The van der Waals surface area contributed by atoms with Crippen LogP contribution in [0.3, 0.4) is 0 Å². The van der Waals surface area contributed by atoms with Gasteiger partial charge < -0.3 is 15.4 Å². The van der Waals surface area contributed by atoms with Crippen LogP contribution in [-0.2, 0) is 4.74 Å². The minimum absolute atomic E-state index is 0.0439. The Morgan fingerprint density at radius 1 is 1.58 bits per heavy atom. The summed E-state index contributed by atoms with van der Waals surface area (Å²) in [6.07, 6.45) is -0.0439. The van der Waals surface area contributed by atoms with Crippen molar-refractivity contribution >= 4 is 17.3 Å². The summed E-state index contributed by atoms with van der Waals surface area (Å²) in [6, 6.07) is 3.89. The number of anilines is 1. The zero-order valence-electron chi connectivity index (χ0n) is 10.5. The first-order valence-electron chi connectivity index (χ1n) is 5.94. The zero-order valence-corrected chi connectivity index (χ0v) is 10.5. The molecule has 102 valence electrons. The second kappa shape index (κ2) is 5.23. The maximum absolute atomic E-state index is 12.3. The number of rotatable bonds is 2. The summed E-state index contributed by atoms with van der Waals surface area (Å²) in [5.41, 5.74) is 6.01. The number of amides is 1. The van der Waals surface area contributed by atoms with Crippen LogP contribution >= 0.6 is 0 Å². The fourth-order valence-corrected chi connectivity index (χ4v) is 2.02. The van der Waals surface area contributed by atoms with Gasteiger partial charge in [0.1, 0.15) is 0 Å². The van der Waals surface area contributed by atoms with Crippen molar-refractivity contribution in [2.45, 2.75) is 13.0 Å². The van der Waals surface area contributed by atoms with Gasteiger partial charge in [0.25, 0.3) is 11.6 Å². The van der Waals surface area contributed by atoms with E-state index in [1.807, 2.05) is 6.92 Å². The van der Waals surface area contributed by atoms with E-state index in [9.17, 15) is 14.9 Å². The number of nitrogens with two attached hydrogens (primary N) is 1. The van der Waals surface area contributed by atoms with Crippen LogP contribution in [0.1, 0.15) is 17.3 Å². The standard InChI is InChI=1S/C12H15N3O4/c1-8-7-14(4-5-19-8)12(16)10-6-9(15(17)18)2-3-11(10)13/h2-3,6,8H,4-5,7,13H2,1H3. The van der Waals surface area contributed by atoms with Crippen molar-refractivity contribution in [3.8, 4) is 0 Å². The molecule has 0 aromatic heterocycles. The van der Waals surface area contributed by atoms with Crippen molar-refractivity contribution in [1.29, 1.82) is 0 Å². The van der Waals surface area contributed by atoms with E-state index >= 15 is 0 Å². The molecule has 1 atom stereocenters. The molecule has 1 heterocycles. The molecule has 1 saturated heterocycles. The lowest BCUT2D eigenvalue weighted by molar-refractivity contribution is -0.384. The molecule has 1 aliphatic heterocycles. The second-order valence-electron chi connectivity index (χ2n) is 4.46. The number of nitrogens with zero attached hydrogens (tertiary/aromatic N) is 2. The van der Waals surface area contributed by atoms with Crippen LogP contribution in [0.4, 0.5) is 11.4 Å². The van der Waals surface area contributed by atoms with Gasteiger partial charge in [0.15, 0.2) is 0 Å². The number of ether oxygens (including phenoxy) is 1. The Morgan fingerprint density at radius 3 is 2.95 bits per heavy atom. The Labute approximate surface area is 110 Å². The number of hydrogen-bond acceptors (Lipinski definition) is 5. The summed E-state index contributed by atoms with van der Waals surface area (Å²) in [6.45, 7) is 3.25. The predicted molar refractivity (Wildman–Crippen MR) is 68.8 cm³/mol. The number of benzene rings is 1. The highest BCUT2D eigenvalue weighted by Gasteiger charge is 2.25. The largest absolute Gasteiger partial charge is 0.398 e. The average Bonchev–Trinajstić information content (AvgIpc) is 2.38. The third-order valence-corrected chi connectivity index (χ3v) is 3.01. The van der Waals surface area contributed by atoms with Gasteiger partial charge in [0.05, 0.1) is 23.2 Å². The van der Waals surface area contributed by atoms with Gasteiger partial charge >= 0.3 is 0 Å². The molecule has 7 nitrogen and oxygen atoms in total. The number of nitrogen functional groups attached to an aromatic ring is 1. The molecule has 1 aromatic carbocycles. The van der Waals surface area contributed by atoms with Crippen LogP contribution < -0.4 is 5.73 Å². The van der Waals surface area contributed by atoms with Crippen molar-refractivity contribution in [3.05, 3.63) is 33.9 Å². The number of nitro groups is 1. The van der Waals surface area contributed by atoms with Gasteiger partial charge in [-0.1, -0.05) is 0 Å². The Balaban J connectivity index is 2.27. The molecule has 1 unspecified atom stereocenters. The summed E-state index contributed by atoms with van der Waals surface area (Å²) in [4.78, 5) is 24.1. The van der Waals surface area contributed by atoms with Gasteiger partial charge in [-0.25, -0.2) is 0 Å². The van der Waals surface area contributed by atoms with E-state index in [0.717, 1.165) is 0 Å². The molecule has 19 heavy (non-hydrogen) atoms. The highest BCUT2D eigenvalue weighted by molar-refractivity contribution is 5.99. The van der Waals surface area contributed by atoms with Crippen molar-refractivity contribution in [2.75, 3.05) is 25.4 Å². The number of non-ortho nitro benzene ring substituents is 1. The van der Waals surface area contributed by atoms with Crippen molar-refractivity contribution in [3.63, 3.8) is 0 Å². The quantitative estimate of drug-likeness (QED) is 0.489. The van der Waals surface area contributed by atoms with Gasteiger partial charge in [0, 0.05) is 30.9 Å². The van der Waals surface area contributed by atoms with E-state index in [4.69, 9.17) is 10.5 Å². The van der Waals surface area contributed by atoms with E-state index in [0.29, 0.717) is 19.7 Å². The second-order valence-corrected chi connectivity index (χ2v) is 4.46. The van der Waals surface area contributed by atoms with E-state index < -0.39 is 4.92 Å². The first-order chi connectivity index (χ1) is 8.99. The number of hydrogen-bond donors (Lipinski definition) is 1. The third kappa shape index (κ3) is 2.82. The van der Waals surface area contributed by atoms with E-state index in [-0.39, 0.29) is 28.9 Å². The molecule has 0 radical (unpaired) electrons.